The number of halogens is 1. The summed E-state index contributed by atoms with van der Waals surface area (Å²) in [5, 5.41) is 22.5. The molecule has 0 fully saturated rings. The van der Waals surface area contributed by atoms with Crippen LogP contribution in [0.3, 0.4) is 0 Å². The number of nitrogens with zero attached hydrogens (tertiary/aromatic N) is 2. The molecule has 2 aromatic rings. The van der Waals surface area contributed by atoms with E-state index in [2.05, 4.69) is 21.0 Å². The first-order valence-electron chi connectivity index (χ1n) is 4.75. The topological polar surface area (TPSA) is 75.4 Å². The Hall–Kier alpha value is -1.82. The Kier molecular flexibility index (Phi) is 2.89. The van der Waals surface area contributed by atoms with Gasteiger partial charge in [-0.1, -0.05) is 15.9 Å². The second-order valence-electron chi connectivity index (χ2n) is 3.51. The third-order valence-corrected chi connectivity index (χ3v) is 2.83. The van der Waals surface area contributed by atoms with Gasteiger partial charge in [0.1, 0.15) is 5.75 Å². The van der Waals surface area contributed by atoms with Gasteiger partial charge in [0.05, 0.1) is 5.69 Å². The van der Waals surface area contributed by atoms with Crippen molar-refractivity contribution in [3.05, 3.63) is 34.4 Å². The van der Waals surface area contributed by atoms with Crippen LogP contribution in [0.15, 0.2) is 28.7 Å². The summed E-state index contributed by atoms with van der Waals surface area (Å²) in [6.07, 6.45) is 0. The zero-order valence-electron chi connectivity index (χ0n) is 8.88. The van der Waals surface area contributed by atoms with Crippen molar-refractivity contribution in [2.24, 2.45) is 7.05 Å². The number of hydrogen-bond donors (Lipinski definition) is 2. The summed E-state index contributed by atoms with van der Waals surface area (Å²) in [6, 6.07) is 6.43. The lowest BCUT2D eigenvalue weighted by atomic mass is 10.1. The summed E-state index contributed by atoms with van der Waals surface area (Å²) in [7, 11) is 1.63. The van der Waals surface area contributed by atoms with Crippen molar-refractivity contribution in [3.8, 4) is 17.0 Å². The Labute approximate surface area is 105 Å². The van der Waals surface area contributed by atoms with E-state index in [1.165, 1.54) is 10.7 Å². The fraction of sp³-hybridized carbons (Fsp3) is 0.0909. The highest BCUT2D eigenvalue weighted by molar-refractivity contribution is 9.10. The molecule has 0 atom stereocenters. The monoisotopic (exact) mass is 296 g/mol. The van der Waals surface area contributed by atoms with Gasteiger partial charge in [0, 0.05) is 17.1 Å². The largest absolute Gasteiger partial charge is 0.507 e. The van der Waals surface area contributed by atoms with Crippen LogP contribution in [-0.4, -0.2) is 26.0 Å². The summed E-state index contributed by atoms with van der Waals surface area (Å²) in [4.78, 5) is 10.8. The number of phenols is 1. The molecule has 1 aromatic carbocycles. The molecule has 0 saturated heterocycles. The van der Waals surface area contributed by atoms with Crippen molar-refractivity contribution in [2.75, 3.05) is 0 Å². The normalized spacial score (nSPS) is 10.5. The van der Waals surface area contributed by atoms with E-state index in [-0.39, 0.29) is 11.4 Å². The van der Waals surface area contributed by atoms with Crippen molar-refractivity contribution in [1.82, 2.24) is 9.78 Å². The summed E-state index contributed by atoms with van der Waals surface area (Å²) in [5.41, 5.74) is 1.04. The average Bonchev–Trinajstić information content (AvgIpc) is 2.61. The Morgan fingerprint density at radius 1 is 1.41 bits per heavy atom. The Morgan fingerprint density at radius 3 is 2.65 bits per heavy atom. The molecule has 2 N–H and O–H groups in total. The number of hydrogen-bond acceptors (Lipinski definition) is 3. The van der Waals surface area contributed by atoms with Crippen molar-refractivity contribution in [3.63, 3.8) is 0 Å². The molecular weight excluding hydrogens is 288 g/mol. The number of aromatic nitrogens is 2. The van der Waals surface area contributed by atoms with Crippen molar-refractivity contribution < 1.29 is 15.0 Å². The van der Waals surface area contributed by atoms with Gasteiger partial charge in [-0.05, 0) is 24.3 Å². The summed E-state index contributed by atoms with van der Waals surface area (Å²) >= 11 is 3.24. The van der Waals surface area contributed by atoms with E-state index in [1.807, 2.05) is 0 Å². The third-order valence-electron chi connectivity index (χ3n) is 2.33. The highest BCUT2D eigenvalue weighted by atomic mass is 79.9. The van der Waals surface area contributed by atoms with Gasteiger partial charge in [-0.15, -0.1) is 0 Å². The fourth-order valence-electron chi connectivity index (χ4n) is 1.55. The summed E-state index contributed by atoms with van der Waals surface area (Å²) in [6.45, 7) is 0. The molecule has 0 aliphatic rings. The molecule has 5 nitrogen and oxygen atoms in total. The van der Waals surface area contributed by atoms with E-state index in [4.69, 9.17) is 5.11 Å². The van der Waals surface area contributed by atoms with Gasteiger partial charge in [0.15, 0.2) is 5.69 Å². The number of phenolic OH excluding ortho intramolecular Hbond substituents is 1. The molecule has 1 aromatic heterocycles. The molecule has 0 unspecified atom stereocenters. The van der Waals surface area contributed by atoms with Gasteiger partial charge < -0.3 is 10.2 Å². The smallest absolute Gasteiger partial charge is 0.356 e. The Morgan fingerprint density at radius 2 is 2.12 bits per heavy atom. The molecule has 0 spiro atoms. The molecule has 17 heavy (non-hydrogen) atoms. The van der Waals surface area contributed by atoms with E-state index < -0.39 is 5.97 Å². The number of carboxylic acids is 1. The lowest BCUT2D eigenvalue weighted by Gasteiger charge is -2.04. The first-order valence-corrected chi connectivity index (χ1v) is 5.54. The van der Waals surface area contributed by atoms with E-state index in [0.717, 1.165) is 4.47 Å². The first kappa shape index (κ1) is 11.7. The maximum atomic E-state index is 10.8. The summed E-state index contributed by atoms with van der Waals surface area (Å²) in [5.74, 6) is -1.03. The van der Waals surface area contributed by atoms with Crippen molar-refractivity contribution in [2.45, 2.75) is 0 Å². The van der Waals surface area contributed by atoms with E-state index in [0.29, 0.717) is 11.3 Å². The second kappa shape index (κ2) is 4.21. The van der Waals surface area contributed by atoms with Gasteiger partial charge in [0.25, 0.3) is 0 Å². The van der Waals surface area contributed by atoms with Crippen LogP contribution in [0.1, 0.15) is 10.5 Å². The van der Waals surface area contributed by atoms with Crippen LogP contribution in [0.4, 0.5) is 0 Å². The zero-order chi connectivity index (χ0) is 12.6. The van der Waals surface area contributed by atoms with Gasteiger partial charge in [-0.25, -0.2) is 4.79 Å². The van der Waals surface area contributed by atoms with E-state index in [9.17, 15) is 9.90 Å². The molecule has 0 amide bonds. The molecule has 88 valence electrons. The Balaban J connectivity index is 2.56. The highest BCUT2D eigenvalue weighted by Gasteiger charge is 2.14. The van der Waals surface area contributed by atoms with Crippen LogP contribution in [-0.2, 0) is 7.05 Å². The molecule has 6 heteroatoms. The van der Waals surface area contributed by atoms with Gasteiger partial charge in [-0.3, -0.25) is 4.68 Å². The minimum atomic E-state index is -1.09. The van der Waals surface area contributed by atoms with Crippen LogP contribution in [0.5, 0.6) is 5.75 Å². The number of carboxylic acid groups (broad SMARTS) is 1. The second-order valence-corrected chi connectivity index (χ2v) is 4.42. The third kappa shape index (κ3) is 2.16. The van der Waals surface area contributed by atoms with Gasteiger partial charge >= 0.3 is 5.97 Å². The Bertz CT molecular complexity index is 592. The number of benzene rings is 1. The molecule has 1 heterocycles. The van der Waals surface area contributed by atoms with Crippen LogP contribution >= 0.6 is 15.9 Å². The molecule has 0 saturated carbocycles. The molecular formula is C11H9BrN2O3. The minimum absolute atomic E-state index is 0.0511. The standard InChI is InChI=1S/C11H9BrN2O3/c1-14-9(5-8(13-14)11(16)17)7-3-2-6(12)4-10(7)15/h2-5,15H,1H3,(H,16,17). The SMILES string of the molecule is Cn1nc(C(=O)O)cc1-c1ccc(Br)cc1O. The zero-order valence-corrected chi connectivity index (χ0v) is 10.5. The highest BCUT2D eigenvalue weighted by Crippen LogP contribution is 2.31. The molecule has 0 aliphatic carbocycles. The number of rotatable bonds is 2. The predicted octanol–water partition coefficient (Wildman–Crippen LogP) is 2.25. The number of aromatic carboxylic acids is 1. The lowest BCUT2D eigenvalue weighted by Crippen LogP contribution is -1.99. The van der Waals surface area contributed by atoms with Crippen molar-refractivity contribution >= 4 is 21.9 Å². The summed E-state index contributed by atoms with van der Waals surface area (Å²) < 4.78 is 2.17. The average molecular weight is 297 g/mol. The molecule has 0 radical (unpaired) electrons. The molecule has 2 rings (SSSR count). The maximum Gasteiger partial charge on any atom is 0.356 e. The van der Waals surface area contributed by atoms with E-state index >= 15 is 0 Å². The van der Waals surface area contributed by atoms with Gasteiger partial charge in [0.2, 0.25) is 0 Å². The predicted molar refractivity (Wildman–Crippen MR) is 65.0 cm³/mol. The molecule has 0 aliphatic heterocycles. The lowest BCUT2D eigenvalue weighted by molar-refractivity contribution is 0.0689. The van der Waals surface area contributed by atoms with Crippen molar-refractivity contribution in [1.29, 1.82) is 0 Å². The molecule has 0 bridgehead atoms. The van der Waals surface area contributed by atoms with Crippen LogP contribution in [0, 0.1) is 0 Å². The number of carbonyl (C=O) groups is 1. The quantitative estimate of drug-likeness (QED) is 0.891. The maximum absolute atomic E-state index is 10.8. The number of aromatic hydroxyl groups is 1. The van der Waals surface area contributed by atoms with Crippen LogP contribution < -0.4 is 0 Å². The van der Waals surface area contributed by atoms with Gasteiger partial charge in [-0.2, -0.15) is 5.10 Å². The van der Waals surface area contributed by atoms with Crippen LogP contribution in [0.25, 0.3) is 11.3 Å². The first-order chi connectivity index (χ1) is 7.99. The van der Waals surface area contributed by atoms with E-state index in [1.54, 1.807) is 25.2 Å². The number of aryl methyl sites for hydroxylation is 1. The minimum Gasteiger partial charge on any atom is -0.507 e. The van der Waals surface area contributed by atoms with Crippen LogP contribution in [0.2, 0.25) is 0 Å². The fourth-order valence-corrected chi connectivity index (χ4v) is 1.89.